The second-order valence-electron chi connectivity index (χ2n) is 6.31. The van der Waals surface area contributed by atoms with Gasteiger partial charge in [-0.15, -0.1) is 0 Å². The van der Waals surface area contributed by atoms with E-state index in [1.165, 1.54) is 12.3 Å². The summed E-state index contributed by atoms with van der Waals surface area (Å²) in [7, 11) is 1.54. The minimum absolute atomic E-state index is 0.0438. The van der Waals surface area contributed by atoms with Gasteiger partial charge in [-0.1, -0.05) is 11.6 Å². The molecule has 1 heterocycles. The largest absolute Gasteiger partial charge is 0.497 e. The van der Waals surface area contributed by atoms with Crippen LogP contribution in [0.1, 0.15) is 16.1 Å². The molecule has 0 aliphatic rings. The number of methoxy groups -OCH3 is 1. The van der Waals surface area contributed by atoms with Crippen molar-refractivity contribution in [2.24, 2.45) is 0 Å². The number of furan rings is 1. The molecule has 0 atom stereocenters. The van der Waals surface area contributed by atoms with Crippen molar-refractivity contribution in [3.63, 3.8) is 0 Å². The first kappa shape index (κ1) is 22.0. The molecule has 3 aromatic rings. The number of nitrogens with one attached hydrogen (secondary N) is 2. The van der Waals surface area contributed by atoms with Crippen LogP contribution >= 0.6 is 11.6 Å². The van der Waals surface area contributed by atoms with Crippen molar-refractivity contribution in [2.75, 3.05) is 20.3 Å². The molecule has 2 N–H and O–H groups in total. The predicted octanol–water partition coefficient (Wildman–Crippen LogP) is 3.91. The van der Waals surface area contributed by atoms with Crippen molar-refractivity contribution >= 4 is 29.5 Å². The molecule has 0 unspecified atom stereocenters. The van der Waals surface area contributed by atoms with E-state index in [1.54, 1.807) is 67.8 Å². The van der Waals surface area contributed by atoms with Crippen LogP contribution in [0.5, 0.6) is 11.5 Å². The van der Waals surface area contributed by atoms with Crippen LogP contribution in [0.15, 0.2) is 77.0 Å². The number of amides is 2. The van der Waals surface area contributed by atoms with Gasteiger partial charge >= 0.3 is 0 Å². The number of carbonyl (C=O) groups excluding carboxylic acids is 2. The van der Waals surface area contributed by atoms with E-state index in [1.807, 2.05) is 0 Å². The van der Waals surface area contributed by atoms with E-state index < -0.39 is 11.8 Å². The quantitative estimate of drug-likeness (QED) is 0.389. The summed E-state index contributed by atoms with van der Waals surface area (Å²) in [5, 5.41) is 5.96. The molecule has 0 spiro atoms. The van der Waals surface area contributed by atoms with Gasteiger partial charge in [0, 0.05) is 16.7 Å². The molecule has 0 fully saturated rings. The topological polar surface area (TPSA) is 89.8 Å². The van der Waals surface area contributed by atoms with Gasteiger partial charge < -0.3 is 24.5 Å². The van der Waals surface area contributed by atoms with E-state index in [9.17, 15) is 9.59 Å². The molecule has 3 rings (SSSR count). The fourth-order valence-corrected chi connectivity index (χ4v) is 2.70. The Labute approximate surface area is 184 Å². The summed E-state index contributed by atoms with van der Waals surface area (Å²) in [5.41, 5.74) is 0.423. The highest BCUT2D eigenvalue weighted by molar-refractivity contribution is 6.30. The van der Waals surface area contributed by atoms with Crippen molar-refractivity contribution in [3.8, 4) is 11.5 Å². The number of halogens is 1. The summed E-state index contributed by atoms with van der Waals surface area (Å²) in [6.07, 6.45) is 2.93. The van der Waals surface area contributed by atoms with Gasteiger partial charge in [-0.25, -0.2) is 0 Å². The van der Waals surface area contributed by atoms with Gasteiger partial charge in [0.15, 0.2) is 0 Å². The summed E-state index contributed by atoms with van der Waals surface area (Å²) in [4.78, 5) is 25.3. The van der Waals surface area contributed by atoms with E-state index >= 15 is 0 Å². The smallest absolute Gasteiger partial charge is 0.268 e. The van der Waals surface area contributed by atoms with Gasteiger partial charge in [0.05, 0.1) is 19.9 Å². The molecule has 0 bridgehead atoms. The molecular formula is C23H21ClN2O5. The zero-order chi connectivity index (χ0) is 22.1. The van der Waals surface area contributed by atoms with Crippen LogP contribution in [-0.2, 0) is 4.79 Å². The van der Waals surface area contributed by atoms with Gasteiger partial charge in [0.25, 0.3) is 11.8 Å². The van der Waals surface area contributed by atoms with Gasteiger partial charge in [0.2, 0.25) is 0 Å². The van der Waals surface area contributed by atoms with Crippen LogP contribution in [0, 0.1) is 0 Å². The second kappa shape index (κ2) is 10.9. The van der Waals surface area contributed by atoms with Crippen LogP contribution in [0.4, 0.5) is 0 Å². The Bertz CT molecular complexity index is 1030. The minimum Gasteiger partial charge on any atom is -0.497 e. The lowest BCUT2D eigenvalue weighted by molar-refractivity contribution is -0.117. The van der Waals surface area contributed by atoms with Crippen LogP contribution in [0.2, 0.25) is 5.02 Å². The summed E-state index contributed by atoms with van der Waals surface area (Å²) in [6, 6.07) is 16.8. The highest BCUT2D eigenvalue weighted by Crippen LogP contribution is 2.15. The molecule has 1 aromatic heterocycles. The highest BCUT2D eigenvalue weighted by Gasteiger charge is 2.15. The normalized spacial score (nSPS) is 11.0. The summed E-state index contributed by atoms with van der Waals surface area (Å²) < 4.78 is 15.9. The van der Waals surface area contributed by atoms with Crippen LogP contribution in [0.3, 0.4) is 0 Å². The Kier molecular flexibility index (Phi) is 7.73. The average molecular weight is 441 g/mol. The molecular weight excluding hydrogens is 420 g/mol. The molecule has 2 aromatic carbocycles. The molecule has 7 nitrogen and oxygen atoms in total. The van der Waals surface area contributed by atoms with Crippen molar-refractivity contribution in [2.45, 2.75) is 0 Å². The molecule has 0 aliphatic carbocycles. The first-order valence-electron chi connectivity index (χ1n) is 9.42. The van der Waals surface area contributed by atoms with E-state index in [0.29, 0.717) is 27.8 Å². The summed E-state index contributed by atoms with van der Waals surface area (Å²) in [5.74, 6) is 0.780. The third-order valence-corrected chi connectivity index (χ3v) is 4.40. The number of ether oxygens (including phenoxy) is 2. The Morgan fingerprint density at radius 3 is 2.39 bits per heavy atom. The first-order valence-corrected chi connectivity index (χ1v) is 9.80. The fourth-order valence-electron chi connectivity index (χ4n) is 2.57. The van der Waals surface area contributed by atoms with E-state index in [4.69, 9.17) is 25.5 Å². The van der Waals surface area contributed by atoms with Gasteiger partial charge in [-0.2, -0.15) is 0 Å². The maximum Gasteiger partial charge on any atom is 0.268 e. The molecule has 0 radical (unpaired) electrons. The number of rotatable bonds is 9. The lowest BCUT2D eigenvalue weighted by atomic mass is 10.2. The number of carbonyl (C=O) groups is 2. The standard InChI is InChI=1S/C23H21ClN2O5/c1-29-18-8-4-16(5-9-18)22(27)26-21(15-20-3-2-13-30-20)23(28)25-12-14-31-19-10-6-17(24)7-11-19/h2-11,13,15H,12,14H2,1H3,(H,25,28)(H,26,27)/b21-15-. The average Bonchev–Trinajstić information content (AvgIpc) is 3.30. The second-order valence-corrected chi connectivity index (χ2v) is 6.75. The summed E-state index contributed by atoms with van der Waals surface area (Å²) >= 11 is 5.84. The molecule has 0 saturated carbocycles. The predicted molar refractivity (Wildman–Crippen MR) is 117 cm³/mol. The van der Waals surface area contributed by atoms with E-state index in [-0.39, 0.29) is 18.8 Å². The maximum absolute atomic E-state index is 12.7. The van der Waals surface area contributed by atoms with Gasteiger partial charge in [-0.05, 0) is 60.7 Å². The maximum atomic E-state index is 12.7. The van der Waals surface area contributed by atoms with Crippen molar-refractivity contribution in [1.82, 2.24) is 10.6 Å². The Hall–Kier alpha value is -3.71. The van der Waals surface area contributed by atoms with Crippen LogP contribution in [0.25, 0.3) is 6.08 Å². The first-order chi connectivity index (χ1) is 15.0. The molecule has 2 amide bonds. The number of hydrogen-bond donors (Lipinski definition) is 2. The number of benzene rings is 2. The fraction of sp³-hybridized carbons (Fsp3) is 0.130. The van der Waals surface area contributed by atoms with Crippen molar-refractivity contribution in [3.05, 3.63) is 89.0 Å². The molecule has 0 saturated heterocycles. The Balaban J connectivity index is 1.61. The lowest BCUT2D eigenvalue weighted by Crippen LogP contribution is -2.36. The zero-order valence-corrected chi connectivity index (χ0v) is 17.5. The Morgan fingerprint density at radius 2 is 1.74 bits per heavy atom. The van der Waals surface area contributed by atoms with Crippen molar-refractivity contribution < 1.29 is 23.5 Å². The Morgan fingerprint density at radius 1 is 1.03 bits per heavy atom. The zero-order valence-electron chi connectivity index (χ0n) is 16.8. The van der Waals surface area contributed by atoms with Crippen LogP contribution in [-0.4, -0.2) is 32.1 Å². The van der Waals surface area contributed by atoms with E-state index in [2.05, 4.69) is 10.6 Å². The number of hydrogen-bond acceptors (Lipinski definition) is 5. The van der Waals surface area contributed by atoms with Gasteiger partial charge in [-0.3, -0.25) is 9.59 Å². The minimum atomic E-state index is -0.474. The lowest BCUT2D eigenvalue weighted by Gasteiger charge is -2.12. The molecule has 160 valence electrons. The van der Waals surface area contributed by atoms with Crippen molar-refractivity contribution in [1.29, 1.82) is 0 Å². The third-order valence-electron chi connectivity index (χ3n) is 4.14. The van der Waals surface area contributed by atoms with Gasteiger partial charge in [0.1, 0.15) is 29.6 Å². The third kappa shape index (κ3) is 6.65. The van der Waals surface area contributed by atoms with E-state index in [0.717, 1.165) is 0 Å². The van der Waals surface area contributed by atoms with Crippen LogP contribution < -0.4 is 20.1 Å². The highest BCUT2D eigenvalue weighted by atomic mass is 35.5. The molecule has 0 aliphatic heterocycles. The SMILES string of the molecule is COc1ccc(C(=O)N/C(=C\c2ccco2)C(=O)NCCOc2ccc(Cl)cc2)cc1. The molecule has 31 heavy (non-hydrogen) atoms. The molecule has 8 heteroatoms. The summed E-state index contributed by atoms with van der Waals surface area (Å²) in [6.45, 7) is 0.475. The monoisotopic (exact) mass is 440 g/mol.